The normalized spacial score (nSPS) is 17.1. The number of carbonyl (C=O) groups excluding carboxylic acids is 1. The summed E-state index contributed by atoms with van der Waals surface area (Å²) < 4.78 is 158. The molecule has 7 aromatic rings. The van der Waals surface area contributed by atoms with Gasteiger partial charge < -0.3 is 5.32 Å². The fourth-order valence-corrected chi connectivity index (χ4v) is 9.20. The molecule has 0 bridgehead atoms. The topological polar surface area (TPSA) is 177 Å². The predicted octanol–water partition coefficient (Wildman–Crippen LogP) is 7.23. The number of aromatic nitrogens is 9. The van der Waals surface area contributed by atoms with Gasteiger partial charge in [-0.3, -0.25) is 32.9 Å². The highest BCUT2D eigenvalue weighted by molar-refractivity contribution is 7.92. The van der Waals surface area contributed by atoms with Gasteiger partial charge >= 0.3 is 6.18 Å². The van der Waals surface area contributed by atoms with E-state index in [1.54, 1.807) is 0 Å². The number of carbonyl (C=O) groups is 1. The van der Waals surface area contributed by atoms with Gasteiger partial charge in [-0.25, -0.2) is 35.9 Å². The maximum atomic E-state index is 15.5. The molecule has 9 rings (SSSR count). The predicted molar refractivity (Wildman–Crippen MR) is 218 cm³/mol. The van der Waals surface area contributed by atoms with Crippen molar-refractivity contribution < 1.29 is 52.7 Å². The molecule has 2 aromatic carbocycles. The number of aryl methyl sites for hydroxylation is 2. The molecule has 2 aliphatic rings. The van der Waals surface area contributed by atoms with E-state index in [4.69, 9.17) is 11.6 Å². The number of sulfonamides is 1. The molecule has 0 spiro atoms. The van der Waals surface area contributed by atoms with E-state index in [-0.39, 0.29) is 67.4 Å². The maximum absolute atomic E-state index is 15.5. The van der Waals surface area contributed by atoms with Crippen LogP contribution < -0.4 is 15.6 Å². The fraction of sp³-hybridized carbons (Fsp3) is 0.325. The summed E-state index contributed by atoms with van der Waals surface area (Å²) in [7, 11) is -2.58. The van der Waals surface area contributed by atoms with Crippen molar-refractivity contribution in [3.05, 3.63) is 110 Å². The Hall–Kier alpha value is -6.50. The van der Waals surface area contributed by atoms with E-state index in [1.165, 1.54) is 48.3 Å². The monoisotopic (exact) mass is 967 g/mol. The summed E-state index contributed by atoms with van der Waals surface area (Å²) in [4.78, 5) is 38.3. The van der Waals surface area contributed by atoms with E-state index in [9.17, 15) is 48.7 Å². The van der Waals surface area contributed by atoms with Crippen molar-refractivity contribution in [2.75, 3.05) is 11.0 Å². The molecule has 5 heterocycles. The molecular formula is C40H31ClF9N11O4S. The molecule has 1 saturated carbocycles. The van der Waals surface area contributed by atoms with Crippen LogP contribution in [0.2, 0.25) is 5.02 Å². The molecule has 15 nitrogen and oxygen atoms in total. The van der Waals surface area contributed by atoms with Gasteiger partial charge in [0.1, 0.15) is 41.1 Å². The van der Waals surface area contributed by atoms with E-state index in [1.807, 2.05) is 0 Å². The molecule has 0 unspecified atom stereocenters. The van der Waals surface area contributed by atoms with Crippen LogP contribution in [0.15, 0.2) is 59.5 Å². The molecule has 0 saturated heterocycles. The van der Waals surface area contributed by atoms with Gasteiger partial charge in [-0.05, 0) is 60.4 Å². The van der Waals surface area contributed by atoms with Gasteiger partial charge in [-0.2, -0.15) is 37.2 Å². The smallest absolute Gasteiger partial charge is 0.344 e. The number of alkyl halides is 7. The number of nitrogens with zero attached hydrogens (tertiary/aromatic N) is 9. The summed E-state index contributed by atoms with van der Waals surface area (Å²) in [5.74, 6) is -9.68. The van der Waals surface area contributed by atoms with Crippen molar-refractivity contribution in [2.24, 2.45) is 13.0 Å². The number of halogens is 10. The quantitative estimate of drug-likeness (QED) is 0.113. The second kappa shape index (κ2) is 15.8. The van der Waals surface area contributed by atoms with Crippen LogP contribution in [0.1, 0.15) is 59.6 Å². The van der Waals surface area contributed by atoms with Crippen LogP contribution in [0.5, 0.6) is 0 Å². The van der Waals surface area contributed by atoms with Gasteiger partial charge in [0.05, 0.1) is 51.4 Å². The van der Waals surface area contributed by atoms with E-state index < -0.39 is 113 Å². The molecule has 346 valence electrons. The summed E-state index contributed by atoms with van der Waals surface area (Å²) in [5, 5.41) is 14.4. The Balaban J connectivity index is 1.23. The first kappa shape index (κ1) is 44.7. The van der Waals surface area contributed by atoms with Crippen LogP contribution in [0.4, 0.5) is 45.3 Å². The third kappa shape index (κ3) is 8.21. The molecule has 1 fully saturated rings. The number of benzene rings is 2. The summed E-state index contributed by atoms with van der Waals surface area (Å²) in [6.07, 6.45) is -7.42. The SMILES string of the molecule is Cn1nc(NS(C)(=O)=O)c2c(Cl)ccc(-n3c([C@H](Cc4cc(F)cc(F)c4)NC(=O)Cn4nc(C(F)F)c5c4C(F)(F)[C@@H]4C[C@H]54)nc4nc(-c5ccn(CCC(F)(F)F)n5)ccc4c3=O)c21. The van der Waals surface area contributed by atoms with Crippen molar-refractivity contribution in [1.29, 1.82) is 0 Å². The van der Waals surface area contributed by atoms with Crippen LogP contribution in [-0.4, -0.2) is 70.6 Å². The van der Waals surface area contributed by atoms with Crippen molar-refractivity contribution in [3.8, 4) is 17.1 Å². The maximum Gasteiger partial charge on any atom is 0.390 e. The van der Waals surface area contributed by atoms with Crippen LogP contribution in [0, 0.1) is 17.6 Å². The Labute approximate surface area is 370 Å². The van der Waals surface area contributed by atoms with Gasteiger partial charge in [0.2, 0.25) is 15.9 Å². The number of hydrogen-bond donors (Lipinski definition) is 2. The Morgan fingerprint density at radius 3 is 2.41 bits per heavy atom. The largest absolute Gasteiger partial charge is 0.390 e. The van der Waals surface area contributed by atoms with Gasteiger partial charge in [0.15, 0.2) is 11.5 Å². The van der Waals surface area contributed by atoms with Crippen LogP contribution in [0.3, 0.4) is 0 Å². The third-order valence-electron chi connectivity index (χ3n) is 11.2. The molecule has 66 heavy (non-hydrogen) atoms. The average molecular weight is 968 g/mol. The molecule has 0 radical (unpaired) electrons. The lowest BCUT2D eigenvalue weighted by molar-refractivity contribution is -0.137. The van der Waals surface area contributed by atoms with Crippen molar-refractivity contribution in [3.63, 3.8) is 0 Å². The molecule has 0 aliphatic heterocycles. The molecule has 26 heteroatoms. The molecular weight excluding hydrogens is 937 g/mol. The van der Waals surface area contributed by atoms with E-state index >= 15 is 8.78 Å². The zero-order valence-electron chi connectivity index (χ0n) is 33.9. The molecule has 1 amide bonds. The van der Waals surface area contributed by atoms with Gasteiger partial charge in [0.25, 0.3) is 17.9 Å². The first-order chi connectivity index (χ1) is 31.0. The fourth-order valence-electron chi connectivity index (χ4n) is 8.47. The minimum absolute atomic E-state index is 0.0104. The number of rotatable bonds is 13. The first-order valence-electron chi connectivity index (χ1n) is 19.7. The van der Waals surface area contributed by atoms with Gasteiger partial charge in [0, 0.05) is 43.8 Å². The van der Waals surface area contributed by atoms with Gasteiger partial charge in [-0.1, -0.05) is 11.6 Å². The van der Waals surface area contributed by atoms with Crippen LogP contribution >= 0.6 is 11.6 Å². The zero-order chi connectivity index (χ0) is 47.4. The molecule has 5 aromatic heterocycles. The average Bonchev–Trinajstić information content (AvgIpc) is 3.43. The Kier molecular flexibility index (Phi) is 10.7. The highest BCUT2D eigenvalue weighted by Crippen LogP contribution is 2.68. The summed E-state index contributed by atoms with van der Waals surface area (Å²) in [6, 6.07) is 7.33. The van der Waals surface area contributed by atoms with Crippen molar-refractivity contribution in [2.45, 2.75) is 62.8 Å². The second-order valence-corrected chi connectivity index (χ2v) is 18.1. The summed E-state index contributed by atoms with van der Waals surface area (Å²) in [5.41, 5.74) is -3.47. The van der Waals surface area contributed by atoms with Crippen molar-refractivity contribution >= 4 is 55.3 Å². The summed E-state index contributed by atoms with van der Waals surface area (Å²) >= 11 is 6.60. The number of amides is 1. The Bertz CT molecular complexity index is 3290. The van der Waals surface area contributed by atoms with E-state index in [2.05, 4.69) is 35.3 Å². The zero-order valence-corrected chi connectivity index (χ0v) is 35.5. The summed E-state index contributed by atoms with van der Waals surface area (Å²) in [6.45, 7) is -1.59. The molecule has 3 atom stereocenters. The number of anilines is 1. The third-order valence-corrected chi connectivity index (χ3v) is 12.1. The minimum Gasteiger partial charge on any atom is -0.344 e. The number of nitrogens with one attached hydrogen (secondary N) is 2. The first-order valence-corrected chi connectivity index (χ1v) is 21.9. The number of pyridine rings is 1. The molecule has 2 aliphatic carbocycles. The minimum atomic E-state index is -4.48. The standard InChI is InChI=1S/C40H31ClF9N11O4S/c1-58-32-27(6-4-23(41)30(32)36(56-58)57-66(2,64)65)61-37(53-35-20(38(61)63)3-5-24(52-35)25-7-9-59(54-25)10-8-39(46,47)48)26(13-17-11-18(42)14-19(43)12-17)51-28(62)16-60-33-29(31(55-60)34(44)45)21-15-22(21)40(33,49)50/h3-7,9,11-12,14,21-22,26,34H,8,10,13,15-16H2,1-2H3,(H,51,62)(H,56,57)/t21-,22+,26-/m0/s1. The highest BCUT2D eigenvalue weighted by Gasteiger charge is 2.67. The van der Waals surface area contributed by atoms with Gasteiger partial charge in [-0.15, -0.1) is 0 Å². The lowest BCUT2D eigenvalue weighted by atomic mass is 10.0. The van der Waals surface area contributed by atoms with E-state index in [0.29, 0.717) is 10.7 Å². The number of hydrogen-bond acceptors (Lipinski definition) is 9. The Morgan fingerprint density at radius 1 is 1.00 bits per heavy atom. The second-order valence-electron chi connectivity index (χ2n) is 15.9. The van der Waals surface area contributed by atoms with Crippen LogP contribution in [0.25, 0.3) is 39.0 Å². The highest BCUT2D eigenvalue weighted by atomic mass is 35.5. The number of fused-ring (bicyclic) bond motifs is 5. The van der Waals surface area contributed by atoms with E-state index in [0.717, 1.165) is 27.6 Å². The lowest BCUT2D eigenvalue weighted by Crippen LogP contribution is -2.38. The van der Waals surface area contributed by atoms with Crippen molar-refractivity contribution in [1.82, 2.24) is 49.2 Å². The lowest BCUT2D eigenvalue weighted by Gasteiger charge is -2.24. The molecule has 2 N–H and O–H groups in total. The van der Waals surface area contributed by atoms with Crippen LogP contribution in [-0.2, 0) is 47.3 Å². The Morgan fingerprint density at radius 2 is 1.73 bits per heavy atom.